The maximum absolute atomic E-state index is 14.2. The first-order valence-corrected chi connectivity index (χ1v) is 8.77. The Hall–Kier alpha value is -3.05. The largest absolute Gasteiger partial charge is 0.491 e. The summed E-state index contributed by atoms with van der Waals surface area (Å²) in [5, 5.41) is 8.85. The molecule has 0 unspecified atom stereocenters. The summed E-state index contributed by atoms with van der Waals surface area (Å²) < 4.78 is 47.8. The molecule has 144 valence electrons. The van der Waals surface area contributed by atoms with Gasteiger partial charge in [-0.25, -0.2) is 0 Å². The van der Waals surface area contributed by atoms with Gasteiger partial charge >= 0.3 is 6.18 Å². The van der Waals surface area contributed by atoms with Crippen LogP contribution in [-0.4, -0.2) is 24.5 Å². The van der Waals surface area contributed by atoms with Gasteiger partial charge in [0.2, 0.25) is 0 Å². The molecule has 0 radical (unpaired) electrons. The lowest BCUT2D eigenvalue weighted by Gasteiger charge is -2.20. The summed E-state index contributed by atoms with van der Waals surface area (Å²) in [5.41, 5.74) is 0.423. The summed E-state index contributed by atoms with van der Waals surface area (Å²) in [5.74, 6) is 0.485. The highest BCUT2D eigenvalue weighted by Gasteiger charge is 2.38. The number of alkyl halides is 3. The minimum Gasteiger partial charge on any atom is -0.491 e. The quantitative estimate of drug-likeness (QED) is 0.562. The van der Waals surface area contributed by atoms with Crippen molar-refractivity contribution in [3.05, 3.63) is 102 Å². The van der Waals surface area contributed by atoms with E-state index >= 15 is 0 Å². The normalized spacial score (nSPS) is 12.4. The monoisotopic (exact) mass is 384 g/mol. The van der Waals surface area contributed by atoms with E-state index in [2.05, 4.69) is 0 Å². The van der Waals surface area contributed by atoms with Gasteiger partial charge in [-0.1, -0.05) is 72.8 Å². The van der Waals surface area contributed by atoms with E-state index in [1.54, 1.807) is 72.8 Å². The first-order valence-electron chi connectivity index (χ1n) is 8.77. The van der Waals surface area contributed by atoms with Crippen LogP contribution < -0.4 is 4.74 Å². The van der Waals surface area contributed by atoms with Gasteiger partial charge in [-0.05, 0) is 28.8 Å². The smallest absolute Gasteiger partial charge is 0.417 e. The second-order valence-electron chi connectivity index (χ2n) is 6.08. The molecule has 1 N–H and O–H groups in total. The van der Waals surface area contributed by atoms with Crippen LogP contribution >= 0.6 is 0 Å². The Morgan fingerprint density at radius 3 is 1.71 bits per heavy atom. The van der Waals surface area contributed by atoms with Crippen molar-refractivity contribution in [3.8, 4) is 5.75 Å². The zero-order valence-corrected chi connectivity index (χ0v) is 15.0. The molecule has 5 heteroatoms. The van der Waals surface area contributed by atoms with Gasteiger partial charge in [-0.2, -0.15) is 13.2 Å². The van der Waals surface area contributed by atoms with Crippen LogP contribution in [-0.2, 0) is 0 Å². The Morgan fingerprint density at radius 2 is 1.21 bits per heavy atom. The number of ether oxygens (including phenoxy) is 1. The van der Waals surface area contributed by atoms with Crippen LogP contribution in [0, 0.1) is 0 Å². The zero-order chi connectivity index (χ0) is 20.0. The molecule has 0 aliphatic rings. The predicted octanol–water partition coefficient (Wildman–Crippen LogP) is 5.58. The lowest BCUT2D eigenvalue weighted by atomic mass is 9.89. The second kappa shape index (κ2) is 8.76. The molecule has 0 fully saturated rings. The van der Waals surface area contributed by atoms with Crippen LogP contribution in [0.3, 0.4) is 0 Å². The van der Waals surface area contributed by atoms with Crippen molar-refractivity contribution >= 4 is 11.1 Å². The highest BCUT2D eigenvalue weighted by molar-refractivity contribution is 6.00. The van der Waals surface area contributed by atoms with Gasteiger partial charge in [-0.15, -0.1) is 0 Å². The molecular formula is C23H19F3O2. The maximum atomic E-state index is 14.2. The molecule has 0 spiro atoms. The number of rotatable bonds is 6. The van der Waals surface area contributed by atoms with Crippen molar-refractivity contribution in [2.45, 2.75) is 6.18 Å². The summed E-state index contributed by atoms with van der Waals surface area (Å²) >= 11 is 0. The maximum Gasteiger partial charge on any atom is 0.417 e. The van der Waals surface area contributed by atoms with Gasteiger partial charge < -0.3 is 9.84 Å². The number of aliphatic hydroxyl groups is 1. The highest BCUT2D eigenvalue weighted by atomic mass is 19.4. The molecule has 0 aromatic heterocycles. The summed E-state index contributed by atoms with van der Waals surface area (Å²) in [6.07, 6.45) is -4.54. The van der Waals surface area contributed by atoms with Gasteiger partial charge in [-0.3, -0.25) is 0 Å². The van der Waals surface area contributed by atoms with Crippen LogP contribution in [0.1, 0.15) is 16.7 Å². The van der Waals surface area contributed by atoms with Crippen molar-refractivity contribution < 1.29 is 23.0 Å². The fourth-order valence-electron chi connectivity index (χ4n) is 3.00. The Kier molecular flexibility index (Phi) is 6.16. The topological polar surface area (TPSA) is 29.5 Å². The van der Waals surface area contributed by atoms with E-state index in [1.807, 2.05) is 0 Å². The fourth-order valence-corrected chi connectivity index (χ4v) is 3.00. The summed E-state index contributed by atoms with van der Waals surface area (Å²) in [4.78, 5) is 0. The number of hydrogen-bond acceptors (Lipinski definition) is 2. The van der Waals surface area contributed by atoms with Crippen molar-refractivity contribution in [2.75, 3.05) is 13.2 Å². The van der Waals surface area contributed by atoms with E-state index in [1.165, 1.54) is 12.1 Å². The van der Waals surface area contributed by atoms with Gasteiger partial charge in [0.15, 0.2) is 0 Å². The molecule has 0 saturated carbocycles. The molecule has 0 atom stereocenters. The van der Waals surface area contributed by atoms with Crippen LogP contribution in [0.2, 0.25) is 0 Å². The van der Waals surface area contributed by atoms with E-state index in [0.717, 1.165) is 0 Å². The highest BCUT2D eigenvalue weighted by Crippen LogP contribution is 2.42. The van der Waals surface area contributed by atoms with E-state index in [-0.39, 0.29) is 24.4 Å². The number of hydrogen-bond donors (Lipinski definition) is 1. The molecule has 2 nitrogen and oxygen atoms in total. The predicted molar refractivity (Wildman–Crippen MR) is 104 cm³/mol. The molecule has 3 aromatic carbocycles. The summed E-state index contributed by atoms with van der Waals surface area (Å²) in [7, 11) is 0. The molecule has 0 bridgehead atoms. The Bertz CT molecular complexity index is 916. The first kappa shape index (κ1) is 19.7. The van der Waals surface area contributed by atoms with Gasteiger partial charge in [0, 0.05) is 5.57 Å². The van der Waals surface area contributed by atoms with Gasteiger partial charge in [0.05, 0.1) is 12.2 Å². The average Bonchev–Trinajstić information content (AvgIpc) is 2.71. The Labute approximate surface area is 161 Å². The fraction of sp³-hybridized carbons (Fsp3) is 0.130. The van der Waals surface area contributed by atoms with Crippen LogP contribution in [0.15, 0.2) is 84.9 Å². The van der Waals surface area contributed by atoms with Crippen molar-refractivity contribution in [3.63, 3.8) is 0 Å². The molecule has 0 aliphatic carbocycles. The minimum atomic E-state index is -4.54. The zero-order valence-electron chi connectivity index (χ0n) is 15.0. The summed E-state index contributed by atoms with van der Waals surface area (Å²) in [6, 6.07) is 22.7. The number of halogens is 3. The molecule has 0 amide bonds. The number of allylic oxidation sites excluding steroid dienone is 1. The molecule has 0 aliphatic heterocycles. The SMILES string of the molecule is OCCOc1ccc(/C(=C(\c2ccccc2)C(F)(F)F)c2ccccc2)cc1. The van der Waals surface area contributed by atoms with Gasteiger partial charge in [0.25, 0.3) is 0 Å². The van der Waals surface area contributed by atoms with E-state index in [4.69, 9.17) is 9.84 Å². The Balaban J connectivity index is 2.22. The second-order valence-corrected chi connectivity index (χ2v) is 6.08. The van der Waals surface area contributed by atoms with Gasteiger partial charge in [0.1, 0.15) is 12.4 Å². The van der Waals surface area contributed by atoms with E-state index in [9.17, 15) is 13.2 Å². The van der Waals surface area contributed by atoms with Crippen LogP contribution in [0.25, 0.3) is 11.1 Å². The molecule has 0 saturated heterocycles. The third-order valence-corrected chi connectivity index (χ3v) is 4.16. The molecular weight excluding hydrogens is 365 g/mol. The van der Waals surface area contributed by atoms with Crippen molar-refractivity contribution in [1.82, 2.24) is 0 Å². The lowest BCUT2D eigenvalue weighted by Crippen LogP contribution is -2.14. The number of aliphatic hydroxyl groups excluding tert-OH is 1. The van der Waals surface area contributed by atoms with Crippen molar-refractivity contribution in [1.29, 1.82) is 0 Å². The van der Waals surface area contributed by atoms with E-state index < -0.39 is 11.7 Å². The molecule has 0 heterocycles. The standard InChI is InChI=1S/C23H19F3O2/c24-23(25,26)22(19-9-5-2-6-10-19)21(17-7-3-1-4-8-17)18-11-13-20(14-12-18)28-16-15-27/h1-14,27H,15-16H2/b22-21+. The average molecular weight is 384 g/mol. The minimum absolute atomic E-state index is 0.105. The Morgan fingerprint density at radius 1 is 0.714 bits per heavy atom. The molecule has 3 rings (SSSR count). The lowest BCUT2D eigenvalue weighted by molar-refractivity contribution is -0.0685. The van der Waals surface area contributed by atoms with E-state index in [0.29, 0.717) is 16.9 Å². The van der Waals surface area contributed by atoms with Crippen LogP contribution in [0.5, 0.6) is 5.75 Å². The van der Waals surface area contributed by atoms with Crippen LogP contribution in [0.4, 0.5) is 13.2 Å². The third-order valence-electron chi connectivity index (χ3n) is 4.16. The molecule has 28 heavy (non-hydrogen) atoms. The summed E-state index contributed by atoms with van der Waals surface area (Å²) in [6.45, 7) is -0.0122. The van der Waals surface area contributed by atoms with Crippen molar-refractivity contribution in [2.24, 2.45) is 0 Å². The molecule has 3 aromatic rings. The number of benzene rings is 3. The first-order chi connectivity index (χ1) is 13.5. The third kappa shape index (κ3) is 4.61.